The van der Waals surface area contributed by atoms with Gasteiger partial charge in [-0.05, 0) is 12.8 Å². The number of unbranched alkanes of at least 4 members (excludes halogenated alkanes) is 1. The number of hydrogen-bond acceptors (Lipinski definition) is 2. The second kappa shape index (κ2) is 10.5. The van der Waals surface area contributed by atoms with E-state index in [9.17, 15) is 4.79 Å². The molecule has 0 atom stereocenters. The van der Waals surface area contributed by atoms with E-state index in [1.165, 1.54) is 0 Å². The topological polar surface area (TPSA) is 26.3 Å². The van der Waals surface area contributed by atoms with E-state index in [0.717, 1.165) is 19.3 Å². The van der Waals surface area contributed by atoms with Crippen molar-refractivity contribution in [2.45, 2.75) is 39.5 Å². The average Bonchev–Trinajstić information content (AvgIpc) is 1.97. The first-order valence-corrected chi connectivity index (χ1v) is 3.96. The molecule has 0 aromatic carbocycles. The number of carbonyl (C=O) groups excluding carboxylic acids is 1. The maximum absolute atomic E-state index is 10.7. The summed E-state index contributed by atoms with van der Waals surface area (Å²) < 4.78 is 4.85. The first-order valence-electron chi connectivity index (χ1n) is 3.96. The fraction of sp³-hybridized carbons (Fsp3) is 0.875. The van der Waals surface area contributed by atoms with Gasteiger partial charge in [0.2, 0.25) is 0 Å². The summed E-state index contributed by atoms with van der Waals surface area (Å²) in [4.78, 5) is 10.7. The van der Waals surface area contributed by atoms with E-state index in [-0.39, 0.29) is 37.0 Å². The van der Waals surface area contributed by atoms with E-state index in [0.29, 0.717) is 13.0 Å². The van der Waals surface area contributed by atoms with Crippen LogP contribution in [0.15, 0.2) is 0 Å². The van der Waals surface area contributed by atoms with Crippen molar-refractivity contribution in [1.82, 2.24) is 0 Å². The van der Waals surface area contributed by atoms with Gasteiger partial charge >= 0.3 is 35.5 Å². The van der Waals surface area contributed by atoms with Gasteiger partial charge in [0.15, 0.2) is 0 Å². The first-order chi connectivity index (χ1) is 4.81. The molecule has 0 unspecified atom stereocenters. The molecule has 0 heterocycles. The summed E-state index contributed by atoms with van der Waals surface area (Å²) in [6, 6.07) is 0. The SMILES string of the molecule is CCCCC(=O)OCCC.[H-].[Na+]. The molecule has 0 aliphatic heterocycles. The largest absolute Gasteiger partial charge is 1.00 e. The molecule has 0 rings (SSSR count). The van der Waals surface area contributed by atoms with Gasteiger partial charge in [-0.15, -0.1) is 0 Å². The molecule has 62 valence electrons. The second-order valence-electron chi connectivity index (χ2n) is 2.32. The Balaban J connectivity index is -0.000000405. The Morgan fingerprint density at radius 1 is 1.36 bits per heavy atom. The van der Waals surface area contributed by atoms with Crippen LogP contribution in [0.25, 0.3) is 0 Å². The van der Waals surface area contributed by atoms with E-state index in [4.69, 9.17) is 4.74 Å². The van der Waals surface area contributed by atoms with Crippen molar-refractivity contribution in [2.24, 2.45) is 0 Å². The Labute approximate surface area is 92.5 Å². The second-order valence-corrected chi connectivity index (χ2v) is 2.32. The Bertz CT molecular complexity index is 89.1. The van der Waals surface area contributed by atoms with Gasteiger partial charge in [-0.1, -0.05) is 20.3 Å². The van der Waals surface area contributed by atoms with Crippen molar-refractivity contribution < 1.29 is 40.5 Å². The van der Waals surface area contributed by atoms with E-state index in [1.807, 2.05) is 6.92 Å². The molecule has 0 N–H and O–H groups in total. The monoisotopic (exact) mass is 168 g/mol. The van der Waals surface area contributed by atoms with Gasteiger partial charge in [0.1, 0.15) is 0 Å². The minimum absolute atomic E-state index is 0. The summed E-state index contributed by atoms with van der Waals surface area (Å²) in [5.74, 6) is -0.0521. The van der Waals surface area contributed by atoms with Crippen LogP contribution in [0.3, 0.4) is 0 Å². The predicted octanol–water partition coefficient (Wildman–Crippen LogP) is -0.754. The van der Waals surface area contributed by atoms with Crippen LogP contribution in [0.5, 0.6) is 0 Å². The fourth-order valence-corrected chi connectivity index (χ4v) is 0.609. The van der Waals surface area contributed by atoms with E-state index in [1.54, 1.807) is 0 Å². The maximum atomic E-state index is 10.7. The summed E-state index contributed by atoms with van der Waals surface area (Å²) in [5, 5.41) is 0. The quantitative estimate of drug-likeness (QED) is 0.399. The van der Waals surface area contributed by atoms with Gasteiger partial charge in [0, 0.05) is 6.42 Å². The Kier molecular flexibility index (Phi) is 13.3. The van der Waals surface area contributed by atoms with Gasteiger partial charge in [0.05, 0.1) is 6.61 Å². The van der Waals surface area contributed by atoms with Gasteiger partial charge < -0.3 is 6.16 Å². The van der Waals surface area contributed by atoms with Crippen LogP contribution in [0.4, 0.5) is 0 Å². The Morgan fingerprint density at radius 3 is 2.45 bits per heavy atom. The number of carbonyl (C=O) groups is 1. The van der Waals surface area contributed by atoms with Gasteiger partial charge in [-0.3, -0.25) is 4.79 Å². The van der Waals surface area contributed by atoms with Crippen molar-refractivity contribution in [3.8, 4) is 0 Å². The summed E-state index contributed by atoms with van der Waals surface area (Å²) in [6.45, 7) is 4.63. The fourth-order valence-electron chi connectivity index (χ4n) is 0.609. The summed E-state index contributed by atoms with van der Waals surface area (Å²) in [6.07, 6.45) is 3.50. The van der Waals surface area contributed by atoms with Crippen LogP contribution >= 0.6 is 0 Å². The third kappa shape index (κ3) is 10.5. The summed E-state index contributed by atoms with van der Waals surface area (Å²) in [5.41, 5.74) is 0. The molecule has 0 aliphatic carbocycles. The third-order valence-corrected chi connectivity index (χ3v) is 1.20. The van der Waals surface area contributed by atoms with Crippen LogP contribution in [0, 0.1) is 0 Å². The number of hydrogen-bond donors (Lipinski definition) is 0. The molecule has 0 spiro atoms. The molecule has 0 bridgehead atoms. The van der Waals surface area contributed by atoms with Gasteiger partial charge in [-0.25, -0.2) is 0 Å². The van der Waals surface area contributed by atoms with Crippen molar-refractivity contribution in [2.75, 3.05) is 6.61 Å². The maximum Gasteiger partial charge on any atom is 1.00 e. The van der Waals surface area contributed by atoms with Crippen LogP contribution in [-0.4, -0.2) is 12.6 Å². The smallest absolute Gasteiger partial charge is 1.00 e. The number of esters is 1. The van der Waals surface area contributed by atoms with E-state index >= 15 is 0 Å². The zero-order chi connectivity index (χ0) is 7.82. The normalized spacial score (nSPS) is 8.55. The molecule has 0 amide bonds. The molecule has 0 saturated heterocycles. The molecule has 11 heavy (non-hydrogen) atoms. The van der Waals surface area contributed by atoms with E-state index in [2.05, 4.69) is 6.92 Å². The van der Waals surface area contributed by atoms with Crippen LogP contribution in [-0.2, 0) is 9.53 Å². The molecular formula is C8H17NaO2. The number of rotatable bonds is 5. The minimum Gasteiger partial charge on any atom is -1.00 e. The first kappa shape index (κ1) is 14.0. The standard InChI is InChI=1S/C8H16O2.Na.H/c1-3-5-6-8(9)10-7-4-2;;/h3-7H2,1-2H3;;/q;+1;-1. The molecule has 0 radical (unpaired) electrons. The van der Waals surface area contributed by atoms with Crippen molar-refractivity contribution in [3.63, 3.8) is 0 Å². The van der Waals surface area contributed by atoms with Crippen LogP contribution in [0.2, 0.25) is 0 Å². The van der Waals surface area contributed by atoms with Crippen molar-refractivity contribution in [3.05, 3.63) is 0 Å². The van der Waals surface area contributed by atoms with Gasteiger partial charge in [0.25, 0.3) is 0 Å². The van der Waals surface area contributed by atoms with Crippen molar-refractivity contribution in [1.29, 1.82) is 0 Å². The molecule has 0 saturated carbocycles. The average molecular weight is 168 g/mol. The minimum atomic E-state index is -0.0521. The zero-order valence-corrected chi connectivity index (χ0v) is 9.85. The van der Waals surface area contributed by atoms with E-state index < -0.39 is 0 Å². The number of ether oxygens (including phenoxy) is 1. The molecule has 3 heteroatoms. The summed E-state index contributed by atoms with van der Waals surface area (Å²) in [7, 11) is 0. The van der Waals surface area contributed by atoms with Crippen molar-refractivity contribution >= 4 is 5.97 Å². The van der Waals surface area contributed by atoms with Gasteiger partial charge in [-0.2, -0.15) is 0 Å². The molecule has 0 aliphatic rings. The zero-order valence-electron chi connectivity index (χ0n) is 8.85. The van der Waals surface area contributed by atoms with Crippen LogP contribution in [0.1, 0.15) is 41.0 Å². The summed E-state index contributed by atoms with van der Waals surface area (Å²) >= 11 is 0. The molecule has 0 fully saturated rings. The third-order valence-electron chi connectivity index (χ3n) is 1.20. The molecule has 0 aromatic rings. The van der Waals surface area contributed by atoms with Crippen LogP contribution < -0.4 is 29.6 Å². The molecule has 2 nitrogen and oxygen atoms in total. The molecule has 0 aromatic heterocycles. The Morgan fingerprint density at radius 2 is 2.00 bits per heavy atom. The predicted molar refractivity (Wildman–Crippen MR) is 41.9 cm³/mol. The molecular weight excluding hydrogens is 151 g/mol. The Hall–Kier alpha value is 0.470.